The Labute approximate surface area is 225 Å². The quantitative estimate of drug-likeness (QED) is 0.343. The van der Waals surface area contributed by atoms with Crippen LogP contribution in [0, 0.1) is 11.3 Å². The summed E-state index contributed by atoms with van der Waals surface area (Å²) >= 11 is 6.22. The summed E-state index contributed by atoms with van der Waals surface area (Å²) in [6, 6.07) is 1.08. The van der Waals surface area contributed by atoms with Crippen LogP contribution in [0.4, 0.5) is 5.69 Å². The molecule has 38 heavy (non-hydrogen) atoms. The number of hydrogen-bond acceptors (Lipinski definition) is 6. The molecule has 1 aliphatic carbocycles. The third-order valence-electron chi connectivity index (χ3n) is 6.93. The fraction of sp³-hybridized carbons (Fsp3) is 0.538. The number of benzene rings is 1. The second-order valence-electron chi connectivity index (χ2n) is 10.9. The van der Waals surface area contributed by atoms with Gasteiger partial charge in [0.15, 0.2) is 0 Å². The molecule has 1 saturated heterocycles. The van der Waals surface area contributed by atoms with Crippen LogP contribution in [0.5, 0.6) is 0 Å². The molecule has 3 rings (SSSR count). The molecule has 0 radical (unpaired) electrons. The van der Waals surface area contributed by atoms with E-state index in [1.807, 2.05) is 0 Å². The third kappa shape index (κ3) is 6.50. The van der Waals surface area contributed by atoms with Crippen molar-refractivity contribution in [1.29, 1.82) is 0 Å². The first-order valence-corrected chi connectivity index (χ1v) is 12.8. The monoisotopic (exact) mass is 548 g/mol. The summed E-state index contributed by atoms with van der Waals surface area (Å²) in [5.41, 5.74) is -0.201. The van der Waals surface area contributed by atoms with Gasteiger partial charge in [0.05, 0.1) is 23.2 Å². The van der Waals surface area contributed by atoms with Gasteiger partial charge in [-0.2, -0.15) is 0 Å². The van der Waals surface area contributed by atoms with Crippen LogP contribution in [0.15, 0.2) is 18.2 Å². The van der Waals surface area contributed by atoms with Crippen molar-refractivity contribution >= 4 is 53.2 Å². The van der Waals surface area contributed by atoms with E-state index in [2.05, 4.69) is 16.0 Å². The predicted molar refractivity (Wildman–Crippen MR) is 138 cm³/mol. The minimum absolute atomic E-state index is 0.127. The lowest BCUT2D eigenvalue weighted by atomic mass is 9.84. The van der Waals surface area contributed by atoms with Gasteiger partial charge in [-0.25, -0.2) is 0 Å². The highest BCUT2D eigenvalue weighted by Gasteiger charge is 2.53. The van der Waals surface area contributed by atoms with Crippen LogP contribution in [0.1, 0.15) is 63.7 Å². The van der Waals surface area contributed by atoms with Gasteiger partial charge in [-0.3, -0.25) is 24.0 Å². The molecule has 2 bridgehead atoms. The Kier molecular flexibility index (Phi) is 8.81. The number of carboxylic acids is 1. The molecule has 206 valence electrons. The summed E-state index contributed by atoms with van der Waals surface area (Å²) in [6.45, 7) is 6.71. The summed E-state index contributed by atoms with van der Waals surface area (Å²) in [4.78, 5) is 75.5. The minimum atomic E-state index is -1.23. The molecule has 12 heteroatoms. The van der Waals surface area contributed by atoms with Crippen LogP contribution in [0.3, 0.4) is 0 Å². The number of rotatable bonds is 9. The Bertz CT molecular complexity index is 1150. The van der Waals surface area contributed by atoms with Crippen LogP contribution < -0.4 is 16.0 Å². The second kappa shape index (κ2) is 11.5. The van der Waals surface area contributed by atoms with Crippen molar-refractivity contribution in [3.8, 4) is 0 Å². The average Bonchev–Trinajstić information content (AvgIpc) is 3.43. The fourth-order valence-electron chi connectivity index (χ4n) is 5.19. The molecule has 4 amide bonds. The Morgan fingerprint density at radius 3 is 2.39 bits per heavy atom. The minimum Gasteiger partial charge on any atom is -0.481 e. The molecule has 1 aliphatic heterocycles. The average molecular weight is 549 g/mol. The lowest BCUT2D eigenvalue weighted by Crippen LogP contribution is -2.61. The first kappa shape index (κ1) is 29.1. The molecule has 11 nitrogen and oxygen atoms in total. The lowest BCUT2D eigenvalue weighted by Gasteiger charge is -2.40. The zero-order valence-electron chi connectivity index (χ0n) is 21.7. The normalized spacial score (nSPS) is 21.8. The van der Waals surface area contributed by atoms with Crippen molar-refractivity contribution in [3.63, 3.8) is 0 Å². The molecule has 1 saturated carbocycles. The van der Waals surface area contributed by atoms with Gasteiger partial charge in [0.25, 0.3) is 5.91 Å². The maximum Gasteiger partial charge on any atom is 0.305 e. The van der Waals surface area contributed by atoms with Gasteiger partial charge in [0.1, 0.15) is 18.4 Å². The zero-order chi connectivity index (χ0) is 28.4. The molecule has 5 atom stereocenters. The summed E-state index contributed by atoms with van der Waals surface area (Å²) < 4.78 is 0. The molecule has 1 heterocycles. The Morgan fingerprint density at radius 1 is 1.16 bits per heavy atom. The first-order chi connectivity index (χ1) is 17.7. The van der Waals surface area contributed by atoms with E-state index in [0.29, 0.717) is 24.8 Å². The van der Waals surface area contributed by atoms with Gasteiger partial charge in [-0.15, -0.1) is 0 Å². The van der Waals surface area contributed by atoms with Gasteiger partial charge in [0.2, 0.25) is 17.7 Å². The summed E-state index contributed by atoms with van der Waals surface area (Å²) in [5, 5.41) is 17.0. The second-order valence-corrected chi connectivity index (χ2v) is 11.3. The number of carbonyl (C=O) groups excluding carboxylic acids is 5. The first-order valence-electron chi connectivity index (χ1n) is 12.4. The Morgan fingerprint density at radius 2 is 1.84 bits per heavy atom. The molecule has 2 aliphatic rings. The van der Waals surface area contributed by atoms with Crippen molar-refractivity contribution < 1.29 is 33.9 Å². The molecule has 0 aromatic heterocycles. The largest absolute Gasteiger partial charge is 0.481 e. The number of hydrogen-bond donors (Lipinski definition) is 4. The van der Waals surface area contributed by atoms with Gasteiger partial charge in [0, 0.05) is 18.5 Å². The van der Waals surface area contributed by atoms with Crippen molar-refractivity contribution in [2.45, 2.75) is 77.5 Å². The van der Waals surface area contributed by atoms with Crippen molar-refractivity contribution in [1.82, 2.24) is 15.5 Å². The third-order valence-corrected chi connectivity index (χ3v) is 7.24. The number of likely N-dealkylation sites (tertiary alicyclic amines) is 1. The molecular weight excluding hydrogens is 516 g/mol. The number of anilines is 1. The van der Waals surface area contributed by atoms with Crippen molar-refractivity contribution in [2.24, 2.45) is 11.3 Å². The number of aliphatic carboxylic acids is 1. The maximum atomic E-state index is 13.9. The number of aldehydes is 1. The SMILES string of the molecule is CC(=O)Nc1ccc(C(=O)N[C@H](C(=O)N2[C@@H]3CC[C@@H](C3)[C@H]2C(=O)N[C@H](C=O)CC(=O)O)C(C)(C)C)cc1Cl. The van der Waals surface area contributed by atoms with Crippen LogP contribution in [0.2, 0.25) is 5.02 Å². The van der Waals surface area contributed by atoms with E-state index in [9.17, 15) is 28.8 Å². The highest BCUT2D eigenvalue weighted by Crippen LogP contribution is 2.43. The van der Waals surface area contributed by atoms with E-state index in [-0.39, 0.29) is 28.5 Å². The van der Waals surface area contributed by atoms with E-state index in [4.69, 9.17) is 16.7 Å². The number of piperidine rings is 1. The van der Waals surface area contributed by atoms with E-state index in [1.165, 1.54) is 30.0 Å². The molecule has 0 unspecified atom stereocenters. The Balaban J connectivity index is 1.83. The lowest BCUT2D eigenvalue weighted by molar-refractivity contribution is -0.147. The summed E-state index contributed by atoms with van der Waals surface area (Å²) in [5.74, 6) is -3.24. The number of nitrogens with one attached hydrogen (secondary N) is 3. The molecule has 1 aromatic rings. The van der Waals surface area contributed by atoms with E-state index < -0.39 is 53.7 Å². The van der Waals surface area contributed by atoms with E-state index >= 15 is 0 Å². The van der Waals surface area contributed by atoms with Gasteiger partial charge in [-0.05, 0) is 48.8 Å². The van der Waals surface area contributed by atoms with E-state index in [1.54, 1.807) is 20.8 Å². The highest BCUT2D eigenvalue weighted by atomic mass is 35.5. The molecule has 4 N–H and O–H groups in total. The van der Waals surface area contributed by atoms with Crippen LogP contribution >= 0.6 is 11.6 Å². The Hall–Kier alpha value is -3.47. The van der Waals surface area contributed by atoms with Crippen molar-refractivity contribution in [3.05, 3.63) is 28.8 Å². The number of nitrogens with zero attached hydrogens (tertiary/aromatic N) is 1. The van der Waals surface area contributed by atoms with Gasteiger partial charge < -0.3 is 30.8 Å². The number of fused-ring (bicyclic) bond motifs is 2. The maximum absolute atomic E-state index is 13.9. The molecule has 0 spiro atoms. The number of halogens is 1. The number of amides is 4. The highest BCUT2D eigenvalue weighted by molar-refractivity contribution is 6.34. The zero-order valence-corrected chi connectivity index (χ0v) is 22.5. The van der Waals surface area contributed by atoms with Gasteiger partial charge in [-0.1, -0.05) is 32.4 Å². The number of carboxylic acid groups (broad SMARTS) is 1. The van der Waals surface area contributed by atoms with Crippen molar-refractivity contribution in [2.75, 3.05) is 5.32 Å². The van der Waals surface area contributed by atoms with Crippen LogP contribution in [-0.2, 0) is 24.0 Å². The van der Waals surface area contributed by atoms with E-state index in [0.717, 1.165) is 6.42 Å². The number of carbonyl (C=O) groups is 6. The molecule has 1 aromatic carbocycles. The summed E-state index contributed by atoms with van der Waals surface area (Å²) in [6.07, 6.45) is 1.85. The standard InChI is InChI=1S/C26H33ClN4O7/c1-13(33)28-19-8-6-15(10-18(19)27)23(36)30-22(26(2,3)4)25(38)31-17-7-5-14(9-17)21(31)24(37)29-16(12-32)11-20(34)35/h6,8,10,12,14,16-17,21-22H,5,7,9,11H2,1-4H3,(H,28,33)(H,29,37)(H,30,36)(H,34,35)/t14-,16-,17+,21-,22+/m0/s1. The smallest absolute Gasteiger partial charge is 0.305 e. The van der Waals surface area contributed by atoms with Gasteiger partial charge >= 0.3 is 5.97 Å². The summed E-state index contributed by atoms with van der Waals surface area (Å²) in [7, 11) is 0. The topological polar surface area (TPSA) is 162 Å². The fourth-order valence-corrected chi connectivity index (χ4v) is 5.42. The molecule has 2 fully saturated rings. The molecular formula is C26H33ClN4O7. The predicted octanol–water partition coefficient (Wildman–Crippen LogP) is 1.98. The van der Waals surface area contributed by atoms with Crippen LogP contribution in [0.25, 0.3) is 0 Å². The van der Waals surface area contributed by atoms with Crippen LogP contribution in [-0.4, -0.2) is 70.1 Å².